The van der Waals surface area contributed by atoms with Crippen molar-refractivity contribution in [1.82, 2.24) is 0 Å². The van der Waals surface area contributed by atoms with Gasteiger partial charge in [-0.3, -0.25) is 4.79 Å². The molecular weight excluding hydrogens is 1420 g/mol. The third-order valence-corrected chi connectivity index (χ3v) is 26.8. The van der Waals surface area contributed by atoms with Gasteiger partial charge in [-0.05, 0) is 117 Å². The summed E-state index contributed by atoms with van der Waals surface area (Å²) in [7, 11) is 0. The Hall–Kier alpha value is -2.89. The maximum Gasteiger partial charge on any atom is 0.335 e. The van der Waals surface area contributed by atoms with Crippen molar-refractivity contribution in [3.8, 4) is 0 Å². The highest BCUT2D eigenvalue weighted by atomic mass is 16.8. The van der Waals surface area contributed by atoms with Crippen molar-refractivity contribution >= 4 is 18.2 Å². The third kappa shape index (κ3) is 14.2. The number of carboxylic acid groups (broad SMARTS) is 1. The molecule has 12 rings (SSSR count). The van der Waals surface area contributed by atoms with Crippen LogP contribution in [-0.2, 0) is 80.7 Å². The lowest BCUT2D eigenvalue weighted by Crippen LogP contribution is -2.68. The molecule has 106 heavy (non-hydrogen) atoms. The molecule has 42 atom stereocenters. The molecule has 7 saturated heterocycles. The van der Waals surface area contributed by atoms with E-state index in [1.54, 1.807) is 6.92 Å². The summed E-state index contributed by atoms with van der Waals surface area (Å²) < 4.78 is 85.0. The van der Waals surface area contributed by atoms with Crippen LogP contribution in [-0.4, -0.2) is 351 Å². The van der Waals surface area contributed by atoms with Crippen molar-refractivity contribution < 1.29 is 178 Å². The smallest absolute Gasteiger partial charge is 0.335 e. The molecule has 0 amide bonds. The summed E-state index contributed by atoms with van der Waals surface area (Å²) in [4.78, 5) is 42.8. The van der Waals surface area contributed by atoms with Gasteiger partial charge in [0.15, 0.2) is 49.9 Å². The first kappa shape index (κ1) is 82.6. The predicted molar refractivity (Wildman–Crippen MR) is 347 cm³/mol. The van der Waals surface area contributed by atoms with Gasteiger partial charge < -0.3 is 168 Å². The maximum absolute atomic E-state index is 16.1. The number of hydrogen-bond donors (Lipinski definition) is 19. The average Bonchev–Trinajstić information content (AvgIpc) is 0.673. The zero-order valence-electron chi connectivity index (χ0n) is 60.4. The maximum atomic E-state index is 16.1. The number of esters is 1. The molecule has 1 unspecified atom stereocenters. The summed E-state index contributed by atoms with van der Waals surface area (Å²) in [5, 5.41) is 207. The number of aliphatic hydroxyl groups excluding tert-OH is 18. The lowest BCUT2D eigenvalue weighted by molar-refractivity contribution is -0.399. The van der Waals surface area contributed by atoms with Gasteiger partial charge in [-0.25, -0.2) is 4.79 Å². The van der Waals surface area contributed by atoms with Crippen molar-refractivity contribution in [3.05, 3.63) is 11.6 Å². The van der Waals surface area contributed by atoms with Crippen LogP contribution in [0.2, 0.25) is 0 Å². The van der Waals surface area contributed by atoms with Gasteiger partial charge in [0.2, 0.25) is 6.29 Å². The number of aliphatic hydroxyl groups is 18. The Labute approximate surface area is 610 Å². The molecule has 0 spiro atoms. The Balaban J connectivity index is 0.823. The molecule has 0 aromatic rings. The van der Waals surface area contributed by atoms with Gasteiger partial charge in [-0.15, -0.1) is 0 Å². The molecule has 12 aliphatic rings. The van der Waals surface area contributed by atoms with E-state index in [1.165, 1.54) is 13.8 Å². The number of carbonyl (C=O) groups is 3. The number of carboxylic acids is 1. The second-order valence-corrected chi connectivity index (χ2v) is 33.5. The van der Waals surface area contributed by atoms with Crippen molar-refractivity contribution in [2.45, 2.75) is 328 Å². The fraction of sp³-hybridized carbons (Fsp3) is 0.929. The minimum atomic E-state index is -2.17. The van der Waals surface area contributed by atoms with Gasteiger partial charge in [0.05, 0.1) is 55.6 Å². The predicted octanol–water partition coefficient (Wildman–Crippen LogP) is -5.96. The number of rotatable bonds is 18. The minimum Gasteiger partial charge on any atom is -0.479 e. The summed E-state index contributed by atoms with van der Waals surface area (Å²) in [5.74, 6) is -3.37. The van der Waals surface area contributed by atoms with E-state index in [0.717, 1.165) is 11.9 Å². The first-order valence-electron chi connectivity index (χ1n) is 36.9. The van der Waals surface area contributed by atoms with Crippen LogP contribution >= 0.6 is 0 Å². The van der Waals surface area contributed by atoms with E-state index in [0.29, 0.717) is 51.4 Å². The summed E-state index contributed by atoms with van der Waals surface area (Å²) in [5.41, 5.74) is -3.57. The Bertz CT molecular complexity index is 3100. The highest BCUT2D eigenvalue weighted by Gasteiger charge is 2.72. The minimum absolute atomic E-state index is 0.0997. The number of carbonyl (C=O) groups excluding carboxylic acids is 2. The topological polar surface area (TPSA) is 565 Å². The van der Waals surface area contributed by atoms with E-state index >= 15 is 4.79 Å². The SMILES string of the molecule is C[C@@H]1O[C@@H](O[C@H]2[C@H](OC(=O)[C@]34CCC(C)(C)C[C@H]3C3=CC[C@@H]5[C@@]6(C)CC[C@H](O[C@@H]7O[C@H](C(=O)O)[C@@H](O)[C@H](O[C@@H]8O[C@H](CO)[C@H](O)[C@H](O)[C@H]8O)[C@H]7O)[C@@](C)(C=O)C6CC[C@@]5(C)[C@]3(C)CC4)OC[C@H](O)[C@@H]2O[C@@H]2O[C@H](C)[C@H](O)[C@H](O)[C@H]2O)[C@H](O)[C@H](O[C@@H]2O[C@H](CO)[C@@H](O)[C@H](O)[C@H]2O)[C@H]1O[C@@H]1OC[C@@H](O)[C@H](O)[C@H]1O. The Morgan fingerprint density at radius 3 is 1.60 bits per heavy atom. The van der Waals surface area contributed by atoms with Crippen LogP contribution in [0.25, 0.3) is 0 Å². The lowest BCUT2D eigenvalue weighted by atomic mass is 9.33. The van der Waals surface area contributed by atoms with Gasteiger partial charge >= 0.3 is 11.9 Å². The number of fused-ring (bicyclic) bond motifs is 7. The lowest BCUT2D eigenvalue weighted by Gasteiger charge is -2.71. The van der Waals surface area contributed by atoms with E-state index in [-0.39, 0.29) is 30.1 Å². The molecule has 606 valence electrons. The van der Waals surface area contributed by atoms with Crippen LogP contribution in [0.15, 0.2) is 11.6 Å². The molecule has 7 aliphatic heterocycles. The molecular formula is C70H110O36. The Kier molecular flexibility index (Phi) is 24.3. The monoisotopic (exact) mass is 1530 g/mol. The van der Waals surface area contributed by atoms with Crippen molar-refractivity contribution in [3.63, 3.8) is 0 Å². The zero-order chi connectivity index (χ0) is 77.3. The van der Waals surface area contributed by atoms with Crippen molar-refractivity contribution in [2.75, 3.05) is 26.4 Å². The van der Waals surface area contributed by atoms with E-state index in [2.05, 4.69) is 40.7 Å². The van der Waals surface area contributed by atoms with Gasteiger partial charge in [-0.1, -0.05) is 53.2 Å². The van der Waals surface area contributed by atoms with E-state index in [4.69, 9.17) is 66.3 Å². The summed E-state index contributed by atoms with van der Waals surface area (Å²) in [6.07, 6.45) is -53.9. The van der Waals surface area contributed by atoms with Crippen LogP contribution < -0.4 is 0 Å². The standard InChI is InChI=1S/C70H110O36/c1-25-36(76)40(80)44(84)58(95-25)101-51-30(75)23-94-63(55(51)105-61-49(89)53(103-60-46(86)42(82)39(79)32(21-72)98-60)50(26(2)96-61)100-57-43(83)37(77)29(74)22-93-57)106-64(92)70-17-15-65(3,4)19-28(70)27-9-10-34-66(5)13-12-35(67(6,24-73)33(66)11-14-69(34,8)68(27,7)16-18-70)99-62-48(88)52(47(87)54(104-62)56(90)91)102-59-45(85)41(81)38(78)31(20-71)97-59/h9,24-26,28-55,57-63,71-72,74-89H,10-23H2,1-8H3,(H,90,91)/t25-,26+,28+,29-,30+,31-,32-,33?,34-,35+,36+,37+,38+,39-,40+,41+,42+,43-,44-,45-,46-,47+,48-,49-,50+,51+,52+,53+,54+,55-,57+,58+,59+,60+,61+,62-,63+,66+,67+,68-,69-,70+/m1/s1. The quantitative estimate of drug-likeness (QED) is 0.0263. The molecule has 36 heteroatoms. The number of aldehydes is 1. The largest absolute Gasteiger partial charge is 0.479 e. The van der Waals surface area contributed by atoms with Crippen LogP contribution in [0.3, 0.4) is 0 Å². The summed E-state index contributed by atoms with van der Waals surface area (Å²) >= 11 is 0. The summed E-state index contributed by atoms with van der Waals surface area (Å²) in [6, 6.07) is 0. The fourth-order valence-corrected chi connectivity index (χ4v) is 20.2. The van der Waals surface area contributed by atoms with Gasteiger partial charge in [0, 0.05) is 0 Å². The molecule has 19 N–H and O–H groups in total. The van der Waals surface area contributed by atoms with Gasteiger partial charge in [-0.2, -0.15) is 0 Å². The molecule has 0 aromatic carbocycles. The van der Waals surface area contributed by atoms with Gasteiger partial charge in [0.25, 0.3) is 0 Å². The first-order valence-corrected chi connectivity index (χ1v) is 36.9. The van der Waals surface area contributed by atoms with Crippen LogP contribution in [0, 0.1) is 50.2 Å². The van der Waals surface area contributed by atoms with E-state index in [1.807, 2.05) is 0 Å². The van der Waals surface area contributed by atoms with E-state index in [9.17, 15) is 107 Å². The molecule has 7 heterocycles. The van der Waals surface area contributed by atoms with Crippen molar-refractivity contribution in [1.29, 1.82) is 0 Å². The second kappa shape index (κ2) is 31.1. The molecule has 0 aromatic heterocycles. The molecule has 11 fully saturated rings. The van der Waals surface area contributed by atoms with Crippen LogP contribution in [0.1, 0.15) is 120 Å². The number of aliphatic carboxylic acids is 1. The summed E-state index contributed by atoms with van der Waals surface area (Å²) in [6.45, 7) is 12.5. The molecule has 36 nitrogen and oxygen atoms in total. The fourth-order valence-electron chi connectivity index (χ4n) is 20.2. The number of ether oxygens (including phenoxy) is 14. The molecule has 0 radical (unpaired) electrons. The second-order valence-electron chi connectivity index (χ2n) is 33.5. The normalized spacial score (nSPS) is 54.7. The Morgan fingerprint density at radius 1 is 0.481 bits per heavy atom. The highest BCUT2D eigenvalue weighted by Crippen LogP contribution is 2.76. The Morgan fingerprint density at radius 2 is 0.991 bits per heavy atom. The molecule has 0 bridgehead atoms. The van der Waals surface area contributed by atoms with E-state index < -0.39 is 280 Å². The molecule has 5 aliphatic carbocycles. The van der Waals surface area contributed by atoms with Crippen LogP contribution in [0.4, 0.5) is 0 Å². The zero-order valence-corrected chi connectivity index (χ0v) is 60.4. The highest BCUT2D eigenvalue weighted by molar-refractivity contribution is 5.79. The van der Waals surface area contributed by atoms with Crippen LogP contribution in [0.5, 0.6) is 0 Å². The van der Waals surface area contributed by atoms with Gasteiger partial charge in [0.1, 0.15) is 141 Å². The third-order valence-electron chi connectivity index (χ3n) is 26.8. The molecule has 4 saturated carbocycles. The first-order chi connectivity index (χ1) is 49.8. The number of allylic oxidation sites excluding steroid dienone is 2. The number of hydrogen-bond acceptors (Lipinski definition) is 35. The average molecular weight is 1530 g/mol. The van der Waals surface area contributed by atoms with Crippen molar-refractivity contribution in [2.24, 2.45) is 50.2 Å².